The van der Waals surface area contributed by atoms with Crippen LogP contribution in [0.15, 0.2) is 100 Å². The molecule has 0 atom stereocenters. The molecule has 9 nitrogen and oxygen atoms in total. The van der Waals surface area contributed by atoms with Crippen molar-refractivity contribution in [1.29, 1.82) is 5.26 Å². The van der Waals surface area contributed by atoms with Crippen LogP contribution < -0.4 is 11.0 Å². The van der Waals surface area contributed by atoms with Gasteiger partial charge in [0.05, 0.1) is 13.2 Å². The molecule has 41 heavy (non-hydrogen) atoms. The topological polar surface area (TPSA) is 127 Å². The van der Waals surface area contributed by atoms with Crippen molar-refractivity contribution in [1.82, 2.24) is 25.4 Å². The third-order valence-corrected chi connectivity index (χ3v) is 6.56. The molecule has 1 amide bonds. The zero-order valence-electron chi connectivity index (χ0n) is 24.2. The first-order chi connectivity index (χ1) is 19.7. The molecule has 2 heterocycles. The third kappa shape index (κ3) is 7.59. The molecule has 0 radical (unpaired) electrons. The van der Waals surface area contributed by atoms with Crippen LogP contribution in [0.5, 0.6) is 0 Å². The van der Waals surface area contributed by atoms with Gasteiger partial charge in [0.1, 0.15) is 17.6 Å². The van der Waals surface area contributed by atoms with E-state index in [1.165, 1.54) is 0 Å². The van der Waals surface area contributed by atoms with Gasteiger partial charge in [-0.25, -0.2) is 9.89 Å². The van der Waals surface area contributed by atoms with E-state index in [-0.39, 0.29) is 12.5 Å². The van der Waals surface area contributed by atoms with Crippen molar-refractivity contribution in [2.75, 3.05) is 13.7 Å². The standard InChI is InChI=1S/C32H36N6O3/c1-7-22(4)26(14-13-21(3)20-41-6)28-12-10-9-11-27(28)25(8-2)29(18-33)38-16-15-24(17-23(38)5)31(39)34-19-30-35-32(40)37-36-30/h7,9-17H,5,8,19-20H2,1-4,6H3,(H,34,39)(H2,35,36,37,40)/b21-13+,22-7-,26-14+,29-25+. The lowest BCUT2D eigenvalue weighted by Crippen LogP contribution is -2.27. The number of carbonyl (C=O) groups excluding carboxylic acids is 1. The molecule has 0 saturated heterocycles. The van der Waals surface area contributed by atoms with Gasteiger partial charge in [-0.15, -0.1) is 0 Å². The summed E-state index contributed by atoms with van der Waals surface area (Å²) < 4.78 is 5.27. The molecule has 0 unspecified atom stereocenters. The smallest absolute Gasteiger partial charge is 0.340 e. The number of hydrogen-bond acceptors (Lipinski definition) is 6. The van der Waals surface area contributed by atoms with E-state index in [0.29, 0.717) is 35.8 Å². The molecular weight excluding hydrogens is 516 g/mol. The Morgan fingerprint density at radius 1 is 1.24 bits per heavy atom. The number of nitrogens with zero attached hydrogens (tertiary/aromatic N) is 3. The Morgan fingerprint density at radius 2 is 1.98 bits per heavy atom. The summed E-state index contributed by atoms with van der Waals surface area (Å²) in [6.07, 6.45) is 11.7. The zero-order chi connectivity index (χ0) is 29.9. The predicted molar refractivity (Wildman–Crippen MR) is 162 cm³/mol. The van der Waals surface area contributed by atoms with Gasteiger partial charge in [-0.05, 0) is 72.8 Å². The number of carbonyl (C=O) groups is 1. The molecule has 0 fully saturated rings. The van der Waals surface area contributed by atoms with Gasteiger partial charge in [0.2, 0.25) is 0 Å². The van der Waals surface area contributed by atoms with E-state index in [9.17, 15) is 14.9 Å². The van der Waals surface area contributed by atoms with E-state index < -0.39 is 5.69 Å². The van der Waals surface area contributed by atoms with Crippen molar-refractivity contribution in [3.8, 4) is 6.07 Å². The van der Waals surface area contributed by atoms with Crippen LogP contribution in [-0.2, 0) is 16.1 Å². The van der Waals surface area contributed by atoms with Crippen LogP contribution >= 0.6 is 0 Å². The van der Waals surface area contributed by atoms with Crippen molar-refractivity contribution in [3.63, 3.8) is 0 Å². The number of benzene rings is 1. The van der Waals surface area contributed by atoms with Crippen LogP contribution in [-0.4, -0.2) is 39.7 Å². The Hall–Kier alpha value is -4.94. The molecule has 3 rings (SSSR count). The molecule has 0 aliphatic carbocycles. The molecule has 9 heteroatoms. The van der Waals surface area contributed by atoms with E-state index in [0.717, 1.165) is 33.4 Å². The minimum Gasteiger partial charge on any atom is -0.380 e. The third-order valence-electron chi connectivity index (χ3n) is 6.56. The Morgan fingerprint density at radius 3 is 2.56 bits per heavy atom. The summed E-state index contributed by atoms with van der Waals surface area (Å²) in [5, 5.41) is 19.1. The Labute approximate surface area is 240 Å². The molecule has 0 bridgehead atoms. The summed E-state index contributed by atoms with van der Waals surface area (Å²) in [5.41, 5.74) is 6.87. The molecule has 1 aromatic carbocycles. The van der Waals surface area contributed by atoms with Gasteiger partial charge in [-0.3, -0.25) is 9.78 Å². The number of allylic oxidation sites excluding steroid dienone is 8. The maximum atomic E-state index is 12.7. The van der Waals surface area contributed by atoms with Crippen LogP contribution in [0.4, 0.5) is 0 Å². The summed E-state index contributed by atoms with van der Waals surface area (Å²) in [6.45, 7) is 12.8. The normalized spacial score (nSPS) is 14.9. The van der Waals surface area contributed by atoms with Gasteiger partial charge >= 0.3 is 5.69 Å². The summed E-state index contributed by atoms with van der Waals surface area (Å²) >= 11 is 0. The lowest BCUT2D eigenvalue weighted by Gasteiger charge is -2.26. The molecule has 1 aliphatic heterocycles. The molecule has 1 aromatic heterocycles. The average molecular weight is 553 g/mol. The van der Waals surface area contributed by atoms with Gasteiger partial charge in [0.15, 0.2) is 0 Å². The highest BCUT2D eigenvalue weighted by atomic mass is 16.5. The number of aromatic nitrogens is 3. The van der Waals surface area contributed by atoms with E-state index in [4.69, 9.17) is 4.74 Å². The zero-order valence-corrected chi connectivity index (χ0v) is 24.2. The number of hydrogen-bond donors (Lipinski definition) is 3. The number of nitriles is 1. The van der Waals surface area contributed by atoms with Crippen LogP contribution in [0.1, 0.15) is 51.1 Å². The lowest BCUT2D eigenvalue weighted by molar-refractivity contribution is -0.117. The summed E-state index contributed by atoms with van der Waals surface area (Å²) in [7, 11) is 1.67. The number of methoxy groups -OCH3 is 1. The fourth-order valence-electron chi connectivity index (χ4n) is 4.39. The van der Waals surface area contributed by atoms with Crippen molar-refractivity contribution in [2.45, 2.75) is 40.7 Å². The van der Waals surface area contributed by atoms with Gasteiger partial charge in [0.25, 0.3) is 5.91 Å². The van der Waals surface area contributed by atoms with E-state index in [1.807, 2.05) is 39.0 Å². The van der Waals surface area contributed by atoms with Gasteiger partial charge in [0, 0.05) is 24.6 Å². The summed E-state index contributed by atoms with van der Waals surface area (Å²) in [4.78, 5) is 28.1. The maximum absolute atomic E-state index is 12.7. The highest BCUT2D eigenvalue weighted by Gasteiger charge is 2.22. The first-order valence-corrected chi connectivity index (χ1v) is 13.3. The second-order valence-electron chi connectivity index (χ2n) is 9.42. The average Bonchev–Trinajstić information content (AvgIpc) is 3.40. The van der Waals surface area contributed by atoms with Crippen molar-refractivity contribution in [3.05, 3.63) is 123 Å². The van der Waals surface area contributed by atoms with E-state index in [1.54, 1.807) is 30.4 Å². The van der Waals surface area contributed by atoms with Crippen molar-refractivity contribution < 1.29 is 9.53 Å². The predicted octanol–water partition coefficient (Wildman–Crippen LogP) is 5.27. The lowest BCUT2D eigenvalue weighted by atomic mass is 9.88. The molecule has 3 N–H and O–H groups in total. The van der Waals surface area contributed by atoms with Crippen molar-refractivity contribution in [2.24, 2.45) is 0 Å². The maximum Gasteiger partial charge on any atom is 0.340 e. The molecule has 0 spiro atoms. The minimum absolute atomic E-state index is 0.0563. The van der Waals surface area contributed by atoms with Crippen molar-refractivity contribution >= 4 is 17.1 Å². The molecule has 1 aliphatic rings. The quantitative estimate of drug-likeness (QED) is 0.257. The number of nitrogens with one attached hydrogen (secondary N) is 3. The van der Waals surface area contributed by atoms with Gasteiger partial charge in [-0.1, -0.05) is 56.0 Å². The van der Waals surface area contributed by atoms with E-state index >= 15 is 0 Å². The first kappa shape index (κ1) is 30.6. The van der Waals surface area contributed by atoms with Gasteiger partial charge in [-0.2, -0.15) is 10.4 Å². The van der Waals surface area contributed by atoms with Gasteiger partial charge < -0.3 is 15.0 Å². The van der Waals surface area contributed by atoms with Crippen LogP contribution in [0.3, 0.4) is 0 Å². The molecule has 2 aromatic rings. The minimum atomic E-state index is -0.444. The summed E-state index contributed by atoms with van der Waals surface area (Å²) in [5.74, 6) is -0.0426. The summed E-state index contributed by atoms with van der Waals surface area (Å²) in [6, 6.07) is 10.4. The number of ether oxygens (including phenoxy) is 1. The first-order valence-electron chi connectivity index (χ1n) is 13.3. The Kier molecular flexibility index (Phi) is 10.8. The molecule has 0 saturated carbocycles. The molecular formula is C32H36N6O3. The second kappa shape index (κ2) is 14.4. The molecule has 212 valence electrons. The van der Waals surface area contributed by atoms with Crippen LogP contribution in [0.2, 0.25) is 0 Å². The second-order valence-corrected chi connectivity index (χ2v) is 9.42. The highest BCUT2D eigenvalue weighted by molar-refractivity contribution is 5.97. The number of rotatable bonds is 11. The SMILES string of the molecule is C=C1C=C(C(=O)NCc2n[nH]c(=O)[nH]2)C=CN1/C(C#N)=C(\CC)c1ccccc1C(=C/C=C(\C)COC)/C(C)=C\C. The fraction of sp³-hybridized carbons (Fsp3) is 0.250. The van der Waals surface area contributed by atoms with Crippen LogP contribution in [0.25, 0.3) is 11.1 Å². The highest BCUT2D eigenvalue weighted by Crippen LogP contribution is 2.35. The van der Waals surface area contributed by atoms with Crippen LogP contribution in [0, 0.1) is 11.3 Å². The Bertz CT molecular complexity index is 1590. The number of aromatic amines is 2. The fourth-order valence-corrected chi connectivity index (χ4v) is 4.39. The largest absolute Gasteiger partial charge is 0.380 e. The number of H-pyrrole nitrogens is 2. The Balaban J connectivity index is 1.99. The van der Waals surface area contributed by atoms with E-state index in [2.05, 4.69) is 64.4 Å². The monoisotopic (exact) mass is 552 g/mol. The number of amides is 1.